The highest BCUT2D eigenvalue weighted by Gasteiger charge is 2.22. The highest BCUT2D eigenvalue weighted by Crippen LogP contribution is 2.37. The first-order chi connectivity index (χ1) is 9.76. The van der Waals surface area contributed by atoms with Gasteiger partial charge in [-0.25, -0.2) is 4.79 Å². The number of ether oxygens (including phenoxy) is 2. The van der Waals surface area contributed by atoms with E-state index < -0.39 is 11.9 Å². The maximum absolute atomic E-state index is 11.6. The average Bonchev–Trinajstić information content (AvgIpc) is 2.45. The highest BCUT2D eigenvalue weighted by atomic mass is 35.5. The first kappa shape index (κ1) is 17.4. The molecule has 0 aliphatic rings. The quantitative estimate of drug-likeness (QED) is 0.505. The Morgan fingerprint density at radius 2 is 1.81 bits per heavy atom. The molecule has 0 saturated carbocycles. The smallest absolute Gasteiger partial charge is 0.349 e. The van der Waals surface area contributed by atoms with Crippen molar-refractivity contribution in [3.8, 4) is 5.75 Å². The predicted molar refractivity (Wildman–Crippen MR) is 84.1 cm³/mol. The molecule has 0 saturated heterocycles. The Morgan fingerprint density at radius 3 is 2.24 bits per heavy atom. The van der Waals surface area contributed by atoms with E-state index in [0.717, 1.165) is 5.56 Å². The second-order valence-electron chi connectivity index (χ2n) is 4.27. The summed E-state index contributed by atoms with van der Waals surface area (Å²) in [6.45, 7) is 3.50. The van der Waals surface area contributed by atoms with Gasteiger partial charge in [-0.15, -0.1) is 12.6 Å². The van der Waals surface area contributed by atoms with Gasteiger partial charge < -0.3 is 15.2 Å². The normalized spacial score (nSPS) is 11.2. The van der Waals surface area contributed by atoms with Gasteiger partial charge in [-0.1, -0.05) is 11.6 Å². The molecule has 21 heavy (non-hydrogen) atoms. The van der Waals surface area contributed by atoms with Gasteiger partial charge in [0.1, 0.15) is 10.8 Å². The largest absolute Gasteiger partial charge is 0.495 e. The molecule has 2 N–H and O–H groups in total. The Bertz CT molecular complexity index is 641. The Labute approximate surface area is 133 Å². The molecule has 1 aromatic carbocycles. The molecule has 0 aliphatic carbocycles. The molecular weight excluding hydrogens is 314 g/mol. The van der Waals surface area contributed by atoms with Crippen LogP contribution in [-0.2, 0) is 9.53 Å². The van der Waals surface area contributed by atoms with E-state index in [4.69, 9.17) is 22.1 Å². The molecule has 5 nitrogen and oxygen atoms in total. The molecule has 0 fully saturated rings. The van der Waals surface area contributed by atoms with Gasteiger partial charge in [0, 0.05) is 0 Å². The number of esters is 1. The number of hydrogen-bond acceptors (Lipinski definition) is 5. The molecular formula is C14H16ClNO4S. The Morgan fingerprint density at radius 1 is 1.24 bits per heavy atom. The van der Waals surface area contributed by atoms with Crippen molar-refractivity contribution in [1.29, 1.82) is 0 Å². The third-order valence-corrected chi connectivity index (χ3v) is 3.85. The van der Waals surface area contributed by atoms with E-state index in [9.17, 15) is 9.59 Å². The van der Waals surface area contributed by atoms with Gasteiger partial charge in [0.15, 0.2) is 0 Å². The number of rotatable bonds is 4. The van der Waals surface area contributed by atoms with E-state index in [1.165, 1.54) is 20.3 Å². The van der Waals surface area contributed by atoms with Gasteiger partial charge in [0.25, 0.3) is 5.91 Å². The molecule has 1 amide bonds. The van der Waals surface area contributed by atoms with Gasteiger partial charge in [0.05, 0.1) is 24.7 Å². The Balaban J connectivity index is 3.67. The second kappa shape index (κ2) is 6.87. The van der Waals surface area contributed by atoms with E-state index in [2.05, 4.69) is 17.4 Å². The summed E-state index contributed by atoms with van der Waals surface area (Å²) in [5.74, 6) is -1.04. The summed E-state index contributed by atoms with van der Waals surface area (Å²) in [7, 11) is 2.64. The van der Waals surface area contributed by atoms with Crippen LogP contribution in [0, 0.1) is 13.8 Å². The van der Waals surface area contributed by atoms with Crippen molar-refractivity contribution in [3.63, 3.8) is 0 Å². The van der Waals surface area contributed by atoms with Crippen molar-refractivity contribution >= 4 is 42.2 Å². The van der Waals surface area contributed by atoms with Crippen LogP contribution in [-0.4, -0.2) is 26.1 Å². The maximum atomic E-state index is 11.6. The molecule has 114 valence electrons. The third kappa shape index (κ3) is 3.33. The minimum absolute atomic E-state index is 0.107. The zero-order chi connectivity index (χ0) is 16.3. The molecule has 0 heterocycles. The number of nitrogens with two attached hydrogens (primary N) is 1. The van der Waals surface area contributed by atoms with Crippen molar-refractivity contribution in [2.24, 2.45) is 5.73 Å². The van der Waals surface area contributed by atoms with E-state index >= 15 is 0 Å². The van der Waals surface area contributed by atoms with Crippen LogP contribution in [0.15, 0.2) is 9.93 Å². The Hall–Kier alpha value is -1.66. The lowest BCUT2D eigenvalue weighted by molar-refractivity contribution is -0.135. The van der Waals surface area contributed by atoms with Crippen LogP contribution in [0.4, 0.5) is 0 Å². The van der Waals surface area contributed by atoms with Gasteiger partial charge in [0.2, 0.25) is 0 Å². The number of thiol groups is 1. The zero-order valence-corrected chi connectivity index (χ0v) is 13.8. The van der Waals surface area contributed by atoms with E-state index in [1.54, 1.807) is 13.8 Å². The summed E-state index contributed by atoms with van der Waals surface area (Å²) >= 11 is 10.2. The molecule has 1 rings (SSSR count). The maximum Gasteiger partial charge on any atom is 0.349 e. The summed E-state index contributed by atoms with van der Waals surface area (Å²) in [6.07, 6.45) is 1.42. The summed E-state index contributed by atoms with van der Waals surface area (Å²) in [5.41, 5.74) is 7.56. The molecule has 0 radical (unpaired) electrons. The average molecular weight is 330 g/mol. The van der Waals surface area contributed by atoms with Crippen molar-refractivity contribution < 1.29 is 19.1 Å². The molecule has 1 aromatic rings. The van der Waals surface area contributed by atoms with Crippen LogP contribution in [0.25, 0.3) is 6.08 Å². The zero-order valence-electron chi connectivity index (χ0n) is 12.1. The fraction of sp³-hybridized carbons (Fsp3) is 0.286. The lowest BCUT2D eigenvalue weighted by Crippen LogP contribution is -2.16. The second-order valence-corrected chi connectivity index (χ2v) is 5.12. The minimum Gasteiger partial charge on any atom is -0.495 e. The summed E-state index contributed by atoms with van der Waals surface area (Å²) in [6, 6.07) is 0. The predicted octanol–water partition coefficient (Wildman–Crippen LogP) is 2.45. The standard InChI is InChI=1S/C14H16ClNO4S/c1-6-7(2)10(13(16)17)11(19-3)12(21)8(6)5-9(15)14(18)20-4/h5,21H,1-4H3,(H2,16,17). The van der Waals surface area contributed by atoms with Crippen molar-refractivity contribution in [3.05, 3.63) is 27.3 Å². The summed E-state index contributed by atoms with van der Waals surface area (Å²) < 4.78 is 9.76. The van der Waals surface area contributed by atoms with E-state index in [1.807, 2.05) is 0 Å². The number of amides is 1. The topological polar surface area (TPSA) is 78.6 Å². The third-order valence-electron chi connectivity index (χ3n) is 3.14. The van der Waals surface area contributed by atoms with Crippen LogP contribution >= 0.6 is 24.2 Å². The lowest BCUT2D eigenvalue weighted by Gasteiger charge is -2.17. The summed E-state index contributed by atoms with van der Waals surface area (Å²) in [4.78, 5) is 23.4. The number of methoxy groups -OCH3 is 2. The van der Waals surface area contributed by atoms with Crippen molar-refractivity contribution in [1.82, 2.24) is 0 Å². The molecule has 0 spiro atoms. The van der Waals surface area contributed by atoms with Crippen molar-refractivity contribution in [2.45, 2.75) is 18.7 Å². The minimum atomic E-state index is -0.667. The monoisotopic (exact) mass is 329 g/mol. The molecule has 0 aromatic heterocycles. The first-order valence-corrected chi connectivity index (χ1v) is 6.74. The number of primary amides is 1. The van der Waals surface area contributed by atoms with E-state index in [0.29, 0.717) is 16.0 Å². The van der Waals surface area contributed by atoms with Crippen LogP contribution < -0.4 is 10.5 Å². The SMILES string of the molecule is COC(=O)C(Cl)=Cc1c(C)c(C)c(C(N)=O)c(OC)c1S. The fourth-order valence-corrected chi connectivity index (χ4v) is 2.55. The molecule has 0 bridgehead atoms. The number of hydrogen-bond donors (Lipinski definition) is 2. The van der Waals surface area contributed by atoms with Crippen molar-refractivity contribution in [2.75, 3.05) is 14.2 Å². The van der Waals surface area contributed by atoms with Gasteiger partial charge >= 0.3 is 5.97 Å². The lowest BCUT2D eigenvalue weighted by atomic mass is 9.96. The Kier molecular flexibility index (Phi) is 5.69. The number of halogens is 1. The molecule has 0 aliphatic heterocycles. The fourth-order valence-electron chi connectivity index (χ4n) is 1.93. The van der Waals surface area contributed by atoms with Crippen LogP contribution in [0.1, 0.15) is 27.0 Å². The summed E-state index contributed by atoms with van der Waals surface area (Å²) in [5, 5.41) is -0.107. The van der Waals surface area contributed by atoms with Crippen LogP contribution in [0.5, 0.6) is 5.75 Å². The number of benzene rings is 1. The van der Waals surface area contributed by atoms with Crippen LogP contribution in [0.2, 0.25) is 0 Å². The number of carbonyl (C=O) groups excluding carboxylic acids is 2. The van der Waals surface area contributed by atoms with Gasteiger partial charge in [-0.3, -0.25) is 4.79 Å². The molecule has 0 unspecified atom stereocenters. The van der Waals surface area contributed by atoms with Gasteiger partial charge in [-0.05, 0) is 36.6 Å². The highest BCUT2D eigenvalue weighted by molar-refractivity contribution is 7.80. The van der Waals surface area contributed by atoms with E-state index in [-0.39, 0.29) is 16.3 Å². The number of carbonyl (C=O) groups is 2. The van der Waals surface area contributed by atoms with Gasteiger partial charge in [-0.2, -0.15) is 0 Å². The van der Waals surface area contributed by atoms with Crippen LogP contribution in [0.3, 0.4) is 0 Å². The molecule has 0 atom stereocenters. The molecule has 7 heteroatoms. The first-order valence-electron chi connectivity index (χ1n) is 5.91.